The number of nitrogens with zero attached hydrogens (tertiary/aromatic N) is 3. The van der Waals surface area contributed by atoms with Crippen molar-refractivity contribution >= 4 is 17.7 Å². The third kappa shape index (κ3) is 3.54. The second kappa shape index (κ2) is 7.75. The molecule has 0 radical (unpaired) electrons. The largest absolute Gasteiger partial charge is 0.346 e. The molecule has 0 saturated heterocycles. The van der Waals surface area contributed by atoms with E-state index >= 15 is 0 Å². The lowest BCUT2D eigenvalue weighted by Gasteiger charge is -2.43. The van der Waals surface area contributed by atoms with E-state index in [2.05, 4.69) is 27.6 Å². The van der Waals surface area contributed by atoms with Crippen LogP contribution in [0.1, 0.15) is 24.8 Å². The normalized spacial score (nSPS) is 15.1. The average molecular weight is 396 g/mol. The van der Waals surface area contributed by atoms with E-state index in [4.69, 9.17) is 0 Å². The van der Waals surface area contributed by atoms with Gasteiger partial charge in [-0.3, -0.25) is 4.79 Å². The van der Waals surface area contributed by atoms with Crippen molar-refractivity contribution in [3.63, 3.8) is 0 Å². The number of hydrogen-bond donors (Lipinski definition) is 1. The molecule has 1 aliphatic rings. The van der Waals surface area contributed by atoms with Crippen molar-refractivity contribution in [2.24, 2.45) is 7.05 Å². The Morgan fingerprint density at radius 3 is 2.54 bits per heavy atom. The van der Waals surface area contributed by atoms with Crippen LogP contribution in [0.2, 0.25) is 0 Å². The summed E-state index contributed by atoms with van der Waals surface area (Å²) in [6, 6.07) is 16.6. The van der Waals surface area contributed by atoms with Crippen LogP contribution in [0.25, 0.3) is 11.4 Å². The molecule has 1 saturated carbocycles. The first-order valence-electron chi connectivity index (χ1n) is 9.23. The number of amides is 1. The molecule has 0 unspecified atom stereocenters. The zero-order chi connectivity index (χ0) is 19.6. The van der Waals surface area contributed by atoms with E-state index in [0.29, 0.717) is 16.5 Å². The topological polar surface area (TPSA) is 59.8 Å². The van der Waals surface area contributed by atoms with Crippen LogP contribution in [0.15, 0.2) is 59.8 Å². The van der Waals surface area contributed by atoms with E-state index in [9.17, 15) is 9.18 Å². The molecule has 5 nitrogen and oxygen atoms in total. The molecule has 1 heterocycles. The zero-order valence-corrected chi connectivity index (χ0v) is 16.4. The Kier molecular flexibility index (Phi) is 5.17. The summed E-state index contributed by atoms with van der Waals surface area (Å²) in [6.45, 7) is 0. The summed E-state index contributed by atoms with van der Waals surface area (Å²) in [5.41, 5.74) is 1.29. The summed E-state index contributed by atoms with van der Waals surface area (Å²) in [5.74, 6) is 0.296. The molecular weight excluding hydrogens is 375 g/mol. The van der Waals surface area contributed by atoms with E-state index in [-0.39, 0.29) is 23.0 Å². The van der Waals surface area contributed by atoms with Gasteiger partial charge in [-0.2, -0.15) is 0 Å². The van der Waals surface area contributed by atoms with Gasteiger partial charge in [0.2, 0.25) is 5.91 Å². The first-order chi connectivity index (χ1) is 13.6. The van der Waals surface area contributed by atoms with Crippen LogP contribution in [0.4, 0.5) is 4.39 Å². The van der Waals surface area contributed by atoms with Crippen LogP contribution >= 0.6 is 11.8 Å². The van der Waals surface area contributed by atoms with Gasteiger partial charge in [-0.25, -0.2) is 4.39 Å². The van der Waals surface area contributed by atoms with Crippen molar-refractivity contribution in [3.8, 4) is 11.4 Å². The molecule has 0 bridgehead atoms. The Labute approximate surface area is 167 Å². The summed E-state index contributed by atoms with van der Waals surface area (Å²) in [4.78, 5) is 12.6. The molecule has 144 valence electrons. The SMILES string of the molecule is Cn1c(SCC(=O)NC2(c3ccccc3)CCC2)nnc1-c1ccccc1F. The van der Waals surface area contributed by atoms with Crippen LogP contribution in [0.5, 0.6) is 0 Å². The standard InChI is InChI=1S/C21H21FN4OS/c1-26-19(16-10-5-6-11-17(16)22)24-25-20(26)28-14-18(27)23-21(12-7-13-21)15-8-3-2-4-9-15/h2-6,8-11H,7,12-14H2,1H3,(H,23,27). The molecule has 7 heteroatoms. The zero-order valence-electron chi connectivity index (χ0n) is 15.6. The van der Waals surface area contributed by atoms with E-state index in [1.165, 1.54) is 17.8 Å². The minimum atomic E-state index is -0.345. The fraction of sp³-hybridized carbons (Fsp3) is 0.286. The highest BCUT2D eigenvalue weighted by molar-refractivity contribution is 7.99. The van der Waals surface area contributed by atoms with Crippen molar-refractivity contribution in [1.29, 1.82) is 0 Å². The quantitative estimate of drug-likeness (QED) is 0.642. The molecule has 0 spiro atoms. The molecule has 1 aromatic heterocycles. The number of halogens is 1. The third-order valence-corrected chi connectivity index (χ3v) is 6.21. The van der Waals surface area contributed by atoms with Gasteiger partial charge in [0.15, 0.2) is 11.0 Å². The highest BCUT2D eigenvalue weighted by Crippen LogP contribution is 2.41. The minimum Gasteiger partial charge on any atom is -0.346 e. The van der Waals surface area contributed by atoms with Gasteiger partial charge < -0.3 is 9.88 Å². The highest BCUT2D eigenvalue weighted by atomic mass is 32.2. The monoisotopic (exact) mass is 396 g/mol. The molecule has 0 aliphatic heterocycles. The summed E-state index contributed by atoms with van der Waals surface area (Å²) >= 11 is 1.30. The second-order valence-electron chi connectivity index (χ2n) is 6.98. The minimum absolute atomic E-state index is 0.0380. The van der Waals surface area contributed by atoms with Gasteiger partial charge in [0.05, 0.1) is 16.9 Å². The predicted molar refractivity (Wildman–Crippen MR) is 107 cm³/mol. The van der Waals surface area contributed by atoms with E-state index in [0.717, 1.165) is 24.8 Å². The third-order valence-electron chi connectivity index (χ3n) is 5.19. The van der Waals surface area contributed by atoms with Crippen LogP contribution < -0.4 is 5.32 Å². The first kappa shape index (κ1) is 18.7. The smallest absolute Gasteiger partial charge is 0.231 e. The van der Waals surface area contributed by atoms with Crippen molar-refractivity contribution in [1.82, 2.24) is 20.1 Å². The Hall–Kier alpha value is -2.67. The molecule has 3 aromatic rings. The Bertz CT molecular complexity index is 985. The molecule has 2 aromatic carbocycles. The van der Waals surface area contributed by atoms with Gasteiger partial charge in [-0.1, -0.05) is 54.2 Å². The summed E-state index contributed by atoms with van der Waals surface area (Å²) < 4.78 is 15.7. The first-order valence-corrected chi connectivity index (χ1v) is 10.2. The average Bonchev–Trinajstić information content (AvgIpc) is 3.04. The van der Waals surface area contributed by atoms with Gasteiger partial charge in [-0.15, -0.1) is 10.2 Å². The summed E-state index contributed by atoms with van der Waals surface area (Å²) in [5, 5.41) is 12.0. The number of carbonyl (C=O) groups excluding carboxylic acids is 1. The number of carbonyl (C=O) groups is 1. The van der Waals surface area contributed by atoms with Crippen molar-refractivity contribution in [2.45, 2.75) is 30.0 Å². The van der Waals surface area contributed by atoms with E-state index in [1.54, 1.807) is 29.8 Å². The maximum Gasteiger partial charge on any atom is 0.231 e. The van der Waals surface area contributed by atoms with Gasteiger partial charge in [0.25, 0.3) is 0 Å². The lowest BCUT2D eigenvalue weighted by atomic mass is 9.72. The fourth-order valence-electron chi connectivity index (χ4n) is 3.52. The Balaban J connectivity index is 1.43. The van der Waals surface area contributed by atoms with Crippen molar-refractivity contribution in [3.05, 3.63) is 66.0 Å². The maximum atomic E-state index is 14.0. The Morgan fingerprint density at radius 1 is 1.14 bits per heavy atom. The lowest BCUT2D eigenvalue weighted by molar-refractivity contribution is -0.121. The van der Waals surface area contributed by atoms with Gasteiger partial charge in [-0.05, 0) is 37.0 Å². The van der Waals surface area contributed by atoms with Crippen LogP contribution in [-0.4, -0.2) is 26.4 Å². The number of benzene rings is 2. The van der Waals surface area contributed by atoms with Crippen LogP contribution in [-0.2, 0) is 17.4 Å². The predicted octanol–water partition coefficient (Wildman–Crippen LogP) is 3.91. The molecule has 0 atom stereocenters. The summed E-state index contributed by atoms with van der Waals surface area (Å²) in [6.07, 6.45) is 3.02. The molecule has 1 aliphatic carbocycles. The molecule has 4 rings (SSSR count). The van der Waals surface area contributed by atoms with Gasteiger partial charge in [0, 0.05) is 7.05 Å². The highest BCUT2D eigenvalue weighted by Gasteiger charge is 2.39. The van der Waals surface area contributed by atoms with Gasteiger partial charge >= 0.3 is 0 Å². The number of aromatic nitrogens is 3. The lowest BCUT2D eigenvalue weighted by Crippen LogP contribution is -2.51. The van der Waals surface area contributed by atoms with Crippen molar-refractivity contribution < 1.29 is 9.18 Å². The second-order valence-corrected chi connectivity index (χ2v) is 7.93. The Morgan fingerprint density at radius 2 is 1.86 bits per heavy atom. The number of rotatable bonds is 6. The van der Waals surface area contributed by atoms with E-state index in [1.807, 2.05) is 18.2 Å². The number of nitrogens with one attached hydrogen (secondary N) is 1. The maximum absolute atomic E-state index is 14.0. The van der Waals surface area contributed by atoms with Gasteiger partial charge in [0.1, 0.15) is 5.82 Å². The van der Waals surface area contributed by atoms with Crippen LogP contribution in [0.3, 0.4) is 0 Å². The molecule has 28 heavy (non-hydrogen) atoms. The summed E-state index contributed by atoms with van der Waals surface area (Å²) in [7, 11) is 1.78. The van der Waals surface area contributed by atoms with Crippen molar-refractivity contribution in [2.75, 3.05) is 5.75 Å². The molecule has 1 amide bonds. The fourth-order valence-corrected chi connectivity index (χ4v) is 4.24. The number of hydrogen-bond acceptors (Lipinski definition) is 4. The molecular formula is C21H21FN4OS. The molecule has 1 fully saturated rings. The van der Waals surface area contributed by atoms with Crippen LogP contribution in [0, 0.1) is 5.82 Å². The molecule has 1 N–H and O–H groups in total. The number of thioether (sulfide) groups is 1. The van der Waals surface area contributed by atoms with E-state index < -0.39 is 0 Å².